The third-order valence-corrected chi connectivity index (χ3v) is 12.4. The number of hydrogen-bond acceptors (Lipinski definition) is 10. The molecule has 0 fully saturated rings. The number of aliphatic hydroxyl groups excluding tert-OH is 1. The Morgan fingerprint density at radius 2 is 0.809 bits per heavy atom. The highest BCUT2D eigenvalue weighted by Crippen LogP contribution is 2.43. The zero-order valence-corrected chi connectivity index (χ0v) is 44.2. The number of aliphatic hydroxyl groups is 1. The van der Waals surface area contributed by atoms with E-state index in [4.69, 9.17) is 23.3 Å². The van der Waals surface area contributed by atoms with Gasteiger partial charge in [-0.05, 0) is 64.2 Å². The Morgan fingerprint density at radius 3 is 1.28 bits per heavy atom. The van der Waals surface area contributed by atoms with Crippen LogP contribution in [0.2, 0.25) is 0 Å². The number of ether oxygens (including phenoxy) is 3. The topological polar surface area (TPSA) is 155 Å². The van der Waals surface area contributed by atoms with Crippen LogP contribution in [0.4, 0.5) is 0 Å². The molecule has 0 aromatic rings. The molecule has 0 saturated carbocycles. The maximum absolute atomic E-state index is 12.9. The largest absolute Gasteiger partial charge is 0.472 e. The molecule has 12 heteroatoms. The second kappa shape index (κ2) is 50.6. The predicted molar refractivity (Wildman–Crippen MR) is 279 cm³/mol. The average Bonchev–Trinajstić information content (AvgIpc) is 3.32. The second-order valence-corrected chi connectivity index (χ2v) is 19.5. The Bertz CT molecular complexity index is 1370. The minimum absolute atomic E-state index is 0.106. The highest BCUT2D eigenvalue weighted by Gasteiger charge is 2.28. The SMILES string of the molecule is CC/C=C\C/C=C\C/C=C\C/C=C\CCC(=O)OCC(COP(=O)(O)OCC(CO)OC(=O)CCCCCCC/C=C\CCCC)OC(=O)CCCCCCCCCCCCCCCCCCC. The van der Waals surface area contributed by atoms with Crippen LogP contribution >= 0.6 is 7.82 Å². The fraction of sp³-hybridized carbons (Fsp3) is 0.768. The highest BCUT2D eigenvalue weighted by molar-refractivity contribution is 7.47. The molecule has 0 aromatic heterocycles. The number of allylic oxidation sites excluding steroid dienone is 10. The highest BCUT2D eigenvalue weighted by atomic mass is 31.2. The number of phosphoric acid groups is 1. The average molecular weight is 979 g/mol. The third-order valence-electron chi connectivity index (χ3n) is 11.4. The van der Waals surface area contributed by atoms with Crippen molar-refractivity contribution in [2.45, 2.75) is 251 Å². The minimum Gasteiger partial charge on any atom is -0.462 e. The predicted octanol–water partition coefficient (Wildman–Crippen LogP) is 15.6. The second-order valence-electron chi connectivity index (χ2n) is 18.0. The van der Waals surface area contributed by atoms with Crippen LogP contribution in [0.5, 0.6) is 0 Å². The van der Waals surface area contributed by atoms with Gasteiger partial charge in [-0.25, -0.2) is 4.57 Å². The fourth-order valence-electron chi connectivity index (χ4n) is 7.29. The fourth-order valence-corrected chi connectivity index (χ4v) is 8.08. The lowest BCUT2D eigenvalue weighted by atomic mass is 10.0. The van der Waals surface area contributed by atoms with E-state index in [0.29, 0.717) is 19.3 Å². The van der Waals surface area contributed by atoms with Crippen molar-refractivity contribution in [3.63, 3.8) is 0 Å². The first kappa shape index (κ1) is 65.2. The van der Waals surface area contributed by atoms with Crippen LogP contribution in [0.3, 0.4) is 0 Å². The van der Waals surface area contributed by atoms with Gasteiger partial charge >= 0.3 is 25.7 Å². The van der Waals surface area contributed by atoms with Crippen molar-refractivity contribution in [1.82, 2.24) is 0 Å². The van der Waals surface area contributed by atoms with Crippen LogP contribution in [-0.4, -0.2) is 66.5 Å². The number of rotatable bonds is 50. The minimum atomic E-state index is -4.76. The van der Waals surface area contributed by atoms with Crippen molar-refractivity contribution in [2.24, 2.45) is 0 Å². The maximum atomic E-state index is 12.9. The number of carbonyl (C=O) groups is 3. The van der Waals surface area contributed by atoms with Gasteiger partial charge in [-0.1, -0.05) is 216 Å². The number of phosphoric ester groups is 1. The van der Waals surface area contributed by atoms with E-state index in [1.165, 1.54) is 96.3 Å². The summed E-state index contributed by atoms with van der Waals surface area (Å²) in [5.74, 6) is -1.56. The van der Waals surface area contributed by atoms with Gasteiger partial charge in [0, 0.05) is 19.3 Å². The molecule has 0 radical (unpaired) electrons. The molecule has 0 spiro atoms. The summed E-state index contributed by atoms with van der Waals surface area (Å²) in [5, 5.41) is 9.77. The van der Waals surface area contributed by atoms with Gasteiger partial charge < -0.3 is 24.2 Å². The molecule has 68 heavy (non-hydrogen) atoms. The molecule has 3 unspecified atom stereocenters. The Labute approximate surface area is 415 Å². The van der Waals surface area contributed by atoms with Crippen molar-refractivity contribution in [3.8, 4) is 0 Å². The monoisotopic (exact) mass is 979 g/mol. The Balaban J connectivity index is 4.78. The third kappa shape index (κ3) is 48.2. The van der Waals surface area contributed by atoms with Crippen LogP contribution < -0.4 is 0 Å². The molecule has 0 heterocycles. The van der Waals surface area contributed by atoms with Crippen LogP contribution in [0, 0.1) is 0 Å². The van der Waals surface area contributed by atoms with Gasteiger partial charge in [0.2, 0.25) is 0 Å². The lowest BCUT2D eigenvalue weighted by Crippen LogP contribution is -2.30. The van der Waals surface area contributed by atoms with Gasteiger partial charge in [-0.2, -0.15) is 0 Å². The van der Waals surface area contributed by atoms with Crippen molar-refractivity contribution in [2.75, 3.05) is 26.4 Å². The van der Waals surface area contributed by atoms with Crippen molar-refractivity contribution in [1.29, 1.82) is 0 Å². The lowest BCUT2D eigenvalue weighted by Gasteiger charge is -2.21. The standard InChI is InChI=1S/C56H99O11P/c1-4-7-10-13-16-19-22-24-25-26-27-29-32-35-38-41-44-47-56(60)67-53(49-63-54(58)45-42-39-36-33-31-28-23-20-17-14-11-8-5-2)51-65-68(61,62)64-50-52(48-57)66-55(59)46-43-40-37-34-30-21-18-15-12-9-6-3/h8,11,15,17-18,20,28,31,36,39,52-53,57H,4-7,9-10,12-14,16,19,21-27,29-30,32-35,37-38,40-51H2,1-3H3,(H,61,62)/b11-8-,18-15-,20-17-,31-28-,39-36-. The molecule has 0 bridgehead atoms. The molecular weight excluding hydrogens is 880 g/mol. The summed E-state index contributed by atoms with van der Waals surface area (Å²) in [6.45, 7) is 4.41. The molecule has 3 atom stereocenters. The van der Waals surface area contributed by atoms with E-state index in [1.54, 1.807) is 0 Å². The molecular formula is C56H99O11P. The number of esters is 3. The van der Waals surface area contributed by atoms with E-state index in [-0.39, 0.29) is 25.9 Å². The van der Waals surface area contributed by atoms with Crippen molar-refractivity contribution >= 4 is 25.7 Å². The van der Waals surface area contributed by atoms with E-state index in [2.05, 4.69) is 69.4 Å². The van der Waals surface area contributed by atoms with E-state index < -0.39 is 57.8 Å². The van der Waals surface area contributed by atoms with E-state index in [1.807, 2.05) is 12.2 Å². The summed E-state index contributed by atoms with van der Waals surface area (Å²) in [4.78, 5) is 48.3. The number of carbonyl (C=O) groups excluding carboxylic acids is 3. The van der Waals surface area contributed by atoms with Gasteiger partial charge in [-0.15, -0.1) is 0 Å². The Morgan fingerprint density at radius 1 is 0.426 bits per heavy atom. The van der Waals surface area contributed by atoms with E-state index in [0.717, 1.165) is 83.5 Å². The molecule has 0 saturated heterocycles. The van der Waals surface area contributed by atoms with Crippen LogP contribution in [0.1, 0.15) is 239 Å². The summed E-state index contributed by atoms with van der Waals surface area (Å²) in [7, 11) is -4.76. The summed E-state index contributed by atoms with van der Waals surface area (Å²) < 4.78 is 39.3. The molecule has 0 aliphatic heterocycles. The Hall–Kier alpha value is -2.82. The molecule has 0 rings (SSSR count). The zero-order chi connectivity index (χ0) is 49.9. The molecule has 0 aromatic carbocycles. The number of hydrogen-bond donors (Lipinski definition) is 2. The lowest BCUT2D eigenvalue weighted by molar-refractivity contribution is -0.161. The first-order chi connectivity index (χ1) is 33.2. The van der Waals surface area contributed by atoms with Crippen LogP contribution in [0.15, 0.2) is 60.8 Å². The molecule has 0 aliphatic carbocycles. The quantitative estimate of drug-likeness (QED) is 0.0197. The zero-order valence-electron chi connectivity index (χ0n) is 43.3. The van der Waals surface area contributed by atoms with Gasteiger partial charge in [0.15, 0.2) is 6.10 Å². The van der Waals surface area contributed by atoms with Gasteiger partial charge in [0.05, 0.1) is 19.8 Å². The summed E-state index contributed by atoms with van der Waals surface area (Å²) in [6, 6.07) is 0. The molecule has 0 amide bonds. The van der Waals surface area contributed by atoms with E-state index >= 15 is 0 Å². The van der Waals surface area contributed by atoms with E-state index in [9.17, 15) is 28.9 Å². The smallest absolute Gasteiger partial charge is 0.462 e. The molecule has 11 nitrogen and oxygen atoms in total. The summed E-state index contributed by atoms with van der Waals surface area (Å²) >= 11 is 0. The Kier molecular flexibility index (Phi) is 48.5. The first-order valence-electron chi connectivity index (χ1n) is 27.2. The van der Waals surface area contributed by atoms with Gasteiger partial charge in [0.25, 0.3) is 0 Å². The first-order valence-corrected chi connectivity index (χ1v) is 28.7. The van der Waals surface area contributed by atoms with Crippen LogP contribution in [-0.2, 0) is 42.2 Å². The molecule has 0 aliphatic rings. The van der Waals surface area contributed by atoms with Gasteiger partial charge in [0.1, 0.15) is 12.7 Å². The number of unbranched alkanes of at least 4 members (excludes halogenated alkanes) is 23. The van der Waals surface area contributed by atoms with Crippen molar-refractivity contribution < 1.29 is 52.2 Å². The van der Waals surface area contributed by atoms with Gasteiger partial charge in [-0.3, -0.25) is 23.4 Å². The summed E-state index contributed by atoms with van der Waals surface area (Å²) in [6.07, 6.45) is 53.5. The normalized spacial score (nSPS) is 13.9. The molecule has 394 valence electrons. The van der Waals surface area contributed by atoms with Crippen LogP contribution in [0.25, 0.3) is 0 Å². The van der Waals surface area contributed by atoms with Crippen molar-refractivity contribution in [3.05, 3.63) is 60.8 Å². The maximum Gasteiger partial charge on any atom is 0.472 e. The summed E-state index contributed by atoms with van der Waals surface area (Å²) in [5.41, 5.74) is 0. The molecule has 2 N–H and O–H groups in total.